The van der Waals surface area contributed by atoms with Gasteiger partial charge in [-0.1, -0.05) is 126 Å². The van der Waals surface area contributed by atoms with Crippen molar-refractivity contribution in [3.8, 4) is 34.1 Å². The van der Waals surface area contributed by atoms with Crippen LogP contribution in [-0.2, 0) is 12.8 Å². The number of methoxy groups -OCH3 is 1. The van der Waals surface area contributed by atoms with Crippen LogP contribution < -0.4 is 4.74 Å². The first-order valence-electron chi connectivity index (χ1n) is 20.7. The summed E-state index contributed by atoms with van der Waals surface area (Å²) in [5.74, 6) is 2.21. The lowest BCUT2D eigenvalue weighted by molar-refractivity contribution is 0.420. The summed E-state index contributed by atoms with van der Waals surface area (Å²) in [6, 6.07) is 52.7. The van der Waals surface area contributed by atoms with Crippen LogP contribution in [-0.4, -0.2) is 21.6 Å². The maximum Gasteiger partial charge on any atom is 0.197 e. The Hall–Kier alpha value is -7.50. The summed E-state index contributed by atoms with van der Waals surface area (Å²) < 4.78 is 15.7. The third-order valence-electron chi connectivity index (χ3n) is 13.0. The first kappa shape index (κ1) is 33.5. The Morgan fingerprint density at radius 2 is 1.23 bits per heavy atom. The average Bonchev–Trinajstić information content (AvgIpc) is 3.84. The van der Waals surface area contributed by atoms with Gasteiger partial charge in [0.1, 0.15) is 16.8 Å². The van der Waals surface area contributed by atoms with E-state index in [4.69, 9.17) is 19.1 Å². The van der Waals surface area contributed by atoms with Crippen LogP contribution in [0.3, 0.4) is 0 Å². The van der Waals surface area contributed by atoms with Crippen LogP contribution in [0.15, 0.2) is 150 Å². The predicted molar refractivity (Wildman–Crippen MR) is 248 cm³/mol. The van der Waals surface area contributed by atoms with Crippen molar-refractivity contribution in [1.82, 2.24) is 14.5 Å². The van der Waals surface area contributed by atoms with Crippen LogP contribution in [0.25, 0.3) is 115 Å². The van der Waals surface area contributed by atoms with Crippen molar-refractivity contribution < 1.29 is 9.15 Å². The molecule has 0 unspecified atom stereocenters. The molecule has 0 fully saturated rings. The highest BCUT2D eigenvalue weighted by atomic mass is 16.5. The predicted octanol–water partition coefficient (Wildman–Crippen LogP) is 14.1. The van der Waals surface area contributed by atoms with Gasteiger partial charge in [0.05, 0.1) is 23.5 Å². The van der Waals surface area contributed by atoms with E-state index in [1.807, 2.05) is 0 Å². The fraction of sp³-hybridized carbons (Fsp3) is 0.0909. The first-order valence-corrected chi connectivity index (χ1v) is 20.7. The molecule has 5 nitrogen and oxygen atoms in total. The van der Waals surface area contributed by atoms with Crippen molar-refractivity contribution in [3.05, 3.63) is 168 Å². The quantitative estimate of drug-likeness (QED) is 0.179. The molecule has 0 N–H and O–H groups in total. The molecule has 9 aromatic carbocycles. The number of nitrogens with zero attached hydrogens (tertiary/aromatic N) is 3. The number of aryl methyl sites for hydroxylation is 4. The molecule has 60 heavy (non-hydrogen) atoms. The first-order chi connectivity index (χ1) is 29.5. The van der Waals surface area contributed by atoms with E-state index in [0.29, 0.717) is 17.2 Å². The van der Waals surface area contributed by atoms with Crippen LogP contribution in [0.5, 0.6) is 5.75 Å². The van der Waals surface area contributed by atoms with E-state index < -0.39 is 0 Å². The molecule has 0 radical (unpaired) electrons. The molecule has 0 aliphatic heterocycles. The van der Waals surface area contributed by atoms with Crippen LogP contribution in [0, 0.1) is 13.8 Å². The van der Waals surface area contributed by atoms with Gasteiger partial charge in [0.25, 0.3) is 0 Å². The highest BCUT2D eigenvalue weighted by Crippen LogP contribution is 2.52. The molecule has 12 aromatic rings. The lowest BCUT2D eigenvalue weighted by Crippen LogP contribution is -2.07. The number of benzene rings is 9. The third-order valence-corrected chi connectivity index (χ3v) is 13.0. The van der Waals surface area contributed by atoms with Gasteiger partial charge in [-0.2, -0.15) is 0 Å². The average molecular weight is 772 g/mol. The molecule has 0 amide bonds. The molecule has 13 rings (SSSR count). The molecule has 3 heterocycles. The Labute approximate surface area is 345 Å². The zero-order chi connectivity index (χ0) is 39.8. The molecule has 0 saturated carbocycles. The number of furan rings is 1. The SMILES string of the molecule is COc1cc2c3c4c(c5ccccc5c3n(-c3nc(-c5cc(C)cc(C)c5)nc5c3oc3ccc6ccccc6c35)c2c2ccccc12)CCc1cc2ccccc2cc1-4. The van der Waals surface area contributed by atoms with Crippen molar-refractivity contribution in [3.63, 3.8) is 0 Å². The summed E-state index contributed by atoms with van der Waals surface area (Å²) in [5.41, 5.74) is 13.0. The Morgan fingerprint density at radius 1 is 0.567 bits per heavy atom. The van der Waals surface area contributed by atoms with Gasteiger partial charge in [0.15, 0.2) is 17.2 Å². The number of ether oxygens (including phenoxy) is 1. The minimum Gasteiger partial charge on any atom is -0.496 e. The zero-order valence-corrected chi connectivity index (χ0v) is 33.4. The highest BCUT2D eigenvalue weighted by Gasteiger charge is 2.31. The summed E-state index contributed by atoms with van der Waals surface area (Å²) >= 11 is 0. The van der Waals surface area contributed by atoms with E-state index in [2.05, 4.69) is 164 Å². The normalized spacial score (nSPS) is 12.8. The van der Waals surface area contributed by atoms with Crippen LogP contribution in [0.2, 0.25) is 0 Å². The Kier molecular flexibility index (Phi) is 6.84. The summed E-state index contributed by atoms with van der Waals surface area (Å²) in [6.07, 6.45) is 1.92. The van der Waals surface area contributed by atoms with Crippen molar-refractivity contribution in [2.45, 2.75) is 26.7 Å². The van der Waals surface area contributed by atoms with Gasteiger partial charge in [0.2, 0.25) is 0 Å². The van der Waals surface area contributed by atoms with Crippen molar-refractivity contribution in [2.24, 2.45) is 0 Å². The maximum atomic E-state index is 7.07. The van der Waals surface area contributed by atoms with Crippen molar-refractivity contribution in [1.29, 1.82) is 0 Å². The molecular weight excluding hydrogens is 735 g/mol. The number of hydrogen-bond acceptors (Lipinski definition) is 4. The van der Waals surface area contributed by atoms with Gasteiger partial charge in [-0.15, -0.1) is 0 Å². The topological polar surface area (TPSA) is 53.1 Å². The third kappa shape index (κ3) is 4.57. The Morgan fingerprint density at radius 3 is 2.00 bits per heavy atom. The van der Waals surface area contributed by atoms with Gasteiger partial charge in [-0.05, 0) is 106 Å². The summed E-state index contributed by atoms with van der Waals surface area (Å²) in [7, 11) is 1.78. The molecule has 284 valence electrons. The van der Waals surface area contributed by atoms with E-state index in [1.165, 1.54) is 49.2 Å². The van der Waals surface area contributed by atoms with Gasteiger partial charge in [-0.25, -0.2) is 9.97 Å². The molecule has 0 bridgehead atoms. The maximum absolute atomic E-state index is 7.07. The highest BCUT2D eigenvalue weighted by molar-refractivity contribution is 6.30. The van der Waals surface area contributed by atoms with Crippen LogP contribution >= 0.6 is 0 Å². The fourth-order valence-corrected chi connectivity index (χ4v) is 10.6. The smallest absolute Gasteiger partial charge is 0.197 e. The molecular formula is C55H37N3O2. The largest absolute Gasteiger partial charge is 0.496 e. The second-order valence-corrected chi connectivity index (χ2v) is 16.5. The minimum absolute atomic E-state index is 0.654. The van der Waals surface area contributed by atoms with Crippen LogP contribution in [0.4, 0.5) is 0 Å². The number of fused-ring (bicyclic) bond motifs is 18. The lowest BCUT2D eigenvalue weighted by Gasteiger charge is -2.24. The monoisotopic (exact) mass is 771 g/mol. The standard InChI is InChI=1S/C55H37N3O2/c1-30-24-31(2)26-36(25-30)54-56-50-48-37-15-7-6-12-32(37)21-23-45(48)60-53(50)55(57-54)58-51-42-19-11-9-17-39(42)46(59-3)29-44(51)49-47-40(38-16-8-10-18-41(38)52(49)58)22-20-35-27-33-13-4-5-14-34(33)28-43(35)47/h4-19,21,23-29H,20,22H2,1-3H3. The molecule has 5 heteroatoms. The van der Waals surface area contributed by atoms with Gasteiger partial charge in [0, 0.05) is 32.5 Å². The Balaban J connectivity index is 1.30. The fourth-order valence-electron chi connectivity index (χ4n) is 10.6. The van der Waals surface area contributed by atoms with E-state index in [9.17, 15) is 0 Å². The Bertz CT molecular complexity index is 3830. The molecule has 3 aromatic heterocycles. The molecule has 0 atom stereocenters. The van der Waals surface area contributed by atoms with E-state index >= 15 is 0 Å². The summed E-state index contributed by atoms with van der Waals surface area (Å²) in [6.45, 7) is 4.28. The summed E-state index contributed by atoms with van der Waals surface area (Å²) in [5, 5.41) is 12.6. The van der Waals surface area contributed by atoms with Gasteiger partial charge in [-0.3, -0.25) is 4.57 Å². The van der Waals surface area contributed by atoms with E-state index in [0.717, 1.165) is 89.7 Å². The zero-order valence-electron chi connectivity index (χ0n) is 33.4. The van der Waals surface area contributed by atoms with E-state index in [1.54, 1.807) is 7.11 Å². The molecule has 1 aliphatic rings. The molecule has 1 aliphatic carbocycles. The van der Waals surface area contributed by atoms with E-state index in [-0.39, 0.29) is 0 Å². The second-order valence-electron chi connectivity index (χ2n) is 16.5. The second kappa shape index (κ2) is 12.3. The van der Waals surface area contributed by atoms with Gasteiger partial charge < -0.3 is 9.15 Å². The van der Waals surface area contributed by atoms with Crippen LogP contribution in [0.1, 0.15) is 22.3 Å². The van der Waals surface area contributed by atoms with Gasteiger partial charge >= 0.3 is 0 Å². The molecule has 0 spiro atoms. The minimum atomic E-state index is 0.654. The number of hydrogen-bond donors (Lipinski definition) is 0. The van der Waals surface area contributed by atoms with Crippen molar-refractivity contribution in [2.75, 3.05) is 7.11 Å². The summed E-state index contributed by atoms with van der Waals surface area (Å²) in [4.78, 5) is 11.1. The number of rotatable bonds is 3. The van der Waals surface area contributed by atoms with Crippen molar-refractivity contribution >= 4 is 87.0 Å². The lowest BCUT2D eigenvalue weighted by atomic mass is 9.79. The number of aromatic nitrogens is 3. The molecule has 0 saturated heterocycles.